The minimum absolute atomic E-state index is 0.0281. The number of benzene rings is 3. The SMILES string of the molecule is COc1cc(/C=C2/C(=O)NN(c3ccccc3)C2=O)ccc1OCc1ccc(Cl)c(Cl)c1. The lowest BCUT2D eigenvalue weighted by molar-refractivity contribution is -0.117. The highest BCUT2D eigenvalue weighted by molar-refractivity contribution is 6.42. The lowest BCUT2D eigenvalue weighted by Gasteiger charge is -2.14. The van der Waals surface area contributed by atoms with E-state index in [0.29, 0.717) is 32.8 Å². The molecule has 2 amide bonds. The van der Waals surface area contributed by atoms with Gasteiger partial charge in [0.1, 0.15) is 12.2 Å². The van der Waals surface area contributed by atoms with E-state index in [1.54, 1.807) is 54.6 Å². The number of hydrogen-bond donors (Lipinski definition) is 1. The Balaban J connectivity index is 1.53. The van der Waals surface area contributed by atoms with Crippen molar-refractivity contribution in [3.05, 3.63) is 93.5 Å². The highest BCUT2D eigenvalue weighted by Gasteiger charge is 2.34. The predicted molar refractivity (Wildman–Crippen MR) is 124 cm³/mol. The lowest BCUT2D eigenvalue weighted by atomic mass is 10.1. The third-order valence-electron chi connectivity index (χ3n) is 4.78. The Morgan fingerprint density at radius 3 is 2.44 bits per heavy atom. The second-order valence-corrected chi connectivity index (χ2v) is 7.74. The van der Waals surface area contributed by atoms with Gasteiger partial charge in [0.25, 0.3) is 11.8 Å². The van der Waals surface area contributed by atoms with Crippen molar-refractivity contribution in [1.82, 2.24) is 5.43 Å². The summed E-state index contributed by atoms with van der Waals surface area (Å²) in [5.74, 6) is 0.0666. The molecule has 162 valence electrons. The number of hydrazine groups is 1. The smallest absolute Gasteiger partial charge is 0.282 e. The highest BCUT2D eigenvalue weighted by Crippen LogP contribution is 2.31. The van der Waals surface area contributed by atoms with Crippen molar-refractivity contribution < 1.29 is 19.1 Å². The third kappa shape index (κ3) is 4.56. The van der Waals surface area contributed by atoms with Gasteiger partial charge in [0, 0.05) is 0 Å². The number of rotatable bonds is 6. The van der Waals surface area contributed by atoms with Gasteiger partial charge in [0.15, 0.2) is 11.5 Å². The summed E-state index contributed by atoms with van der Waals surface area (Å²) >= 11 is 12.0. The van der Waals surface area contributed by atoms with Crippen molar-refractivity contribution >= 4 is 46.8 Å². The van der Waals surface area contributed by atoms with Crippen LogP contribution in [0.4, 0.5) is 5.69 Å². The molecule has 1 aliphatic rings. The molecule has 1 N–H and O–H groups in total. The van der Waals surface area contributed by atoms with Gasteiger partial charge in [-0.3, -0.25) is 15.0 Å². The zero-order valence-corrected chi connectivity index (χ0v) is 18.5. The molecule has 0 aromatic heterocycles. The van der Waals surface area contributed by atoms with Crippen LogP contribution in [0, 0.1) is 0 Å². The topological polar surface area (TPSA) is 67.9 Å². The third-order valence-corrected chi connectivity index (χ3v) is 5.52. The molecule has 0 saturated carbocycles. The molecular weight excluding hydrogens is 451 g/mol. The molecule has 1 aliphatic heterocycles. The van der Waals surface area contributed by atoms with E-state index in [2.05, 4.69) is 5.43 Å². The van der Waals surface area contributed by atoms with E-state index in [-0.39, 0.29) is 12.2 Å². The molecule has 0 spiro atoms. The van der Waals surface area contributed by atoms with E-state index >= 15 is 0 Å². The molecule has 32 heavy (non-hydrogen) atoms. The molecule has 0 atom stereocenters. The quantitative estimate of drug-likeness (QED) is 0.406. The minimum atomic E-state index is -0.474. The van der Waals surface area contributed by atoms with Crippen LogP contribution in [0.2, 0.25) is 10.0 Å². The van der Waals surface area contributed by atoms with Crippen LogP contribution in [0.1, 0.15) is 11.1 Å². The van der Waals surface area contributed by atoms with Gasteiger partial charge in [-0.05, 0) is 53.6 Å². The molecule has 4 rings (SSSR count). The minimum Gasteiger partial charge on any atom is -0.493 e. The van der Waals surface area contributed by atoms with Crippen LogP contribution in [0.5, 0.6) is 11.5 Å². The Hall–Kier alpha value is -3.48. The number of para-hydroxylation sites is 1. The summed E-state index contributed by atoms with van der Waals surface area (Å²) in [5.41, 5.74) is 4.66. The Morgan fingerprint density at radius 2 is 1.72 bits per heavy atom. The summed E-state index contributed by atoms with van der Waals surface area (Å²) in [4.78, 5) is 25.1. The van der Waals surface area contributed by atoms with Crippen LogP contribution in [0.25, 0.3) is 6.08 Å². The summed E-state index contributed by atoms with van der Waals surface area (Å²) in [6.07, 6.45) is 1.52. The fourth-order valence-electron chi connectivity index (χ4n) is 3.17. The Bertz CT molecular complexity index is 1210. The van der Waals surface area contributed by atoms with Gasteiger partial charge in [-0.25, -0.2) is 5.01 Å². The second kappa shape index (κ2) is 9.34. The number of amides is 2. The lowest BCUT2D eigenvalue weighted by Crippen LogP contribution is -2.35. The number of carbonyl (C=O) groups excluding carboxylic acids is 2. The van der Waals surface area contributed by atoms with Gasteiger partial charge in [-0.15, -0.1) is 0 Å². The average Bonchev–Trinajstić information content (AvgIpc) is 3.09. The maximum absolute atomic E-state index is 12.8. The predicted octanol–water partition coefficient (Wildman–Crippen LogP) is 5.04. The maximum Gasteiger partial charge on any atom is 0.282 e. The number of hydrogen-bond acceptors (Lipinski definition) is 4. The summed E-state index contributed by atoms with van der Waals surface area (Å²) < 4.78 is 11.3. The van der Waals surface area contributed by atoms with Crippen molar-refractivity contribution in [2.45, 2.75) is 6.61 Å². The summed E-state index contributed by atoms with van der Waals surface area (Å²) in [6, 6.07) is 19.3. The molecule has 0 radical (unpaired) electrons. The normalized spacial score (nSPS) is 14.6. The molecule has 3 aromatic rings. The van der Waals surface area contributed by atoms with Crippen molar-refractivity contribution in [2.24, 2.45) is 0 Å². The first-order chi connectivity index (χ1) is 15.5. The standard InChI is InChI=1S/C24H18Cl2N2O4/c1-31-22-13-15(8-10-21(22)32-14-16-7-9-19(25)20(26)12-16)11-18-23(29)27-28(24(18)30)17-5-3-2-4-6-17/h2-13H,14H2,1H3,(H,27,29)/b18-11-. The van der Waals surface area contributed by atoms with Gasteiger partial charge in [0.05, 0.1) is 22.8 Å². The van der Waals surface area contributed by atoms with E-state index in [1.165, 1.54) is 18.2 Å². The van der Waals surface area contributed by atoms with E-state index < -0.39 is 11.8 Å². The molecule has 8 heteroatoms. The van der Waals surface area contributed by atoms with Crippen LogP contribution in [-0.2, 0) is 16.2 Å². The van der Waals surface area contributed by atoms with Gasteiger partial charge < -0.3 is 9.47 Å². The van der Waals surface area contributed by atoms with Crippen LogP contribution in [0.3, 0.4) is 0 Å². The van der Waals surface area contributed by atoms with E-state index in [9.17, 15) is 9.59 Å². The summed E-state index contributed by atoms with van der Waals surface area (Å²) in [6.45, 7) is 0.264. The number of ether oxygens (including phenoxy) is 2. The van der Waals surface area contributed by atoms with Gasteiger partial charge in [0.2, 0.25) is 0 Å². The largest absolute Gasteiger partial charge is 0.493 e. The summed E-state index contributed by atoms with van der Waals surface area (Å²) in [5, 5.41) is 2.15. The molecule has 0 unspecified atom stereocenters. The first-order valence-electron chi connectivity index (χ1n) is 9.63. The Morgan fingerprint density at radius 1 is 0.938 bits per heavy atom. The average molecular weight is 469 g/mol. The number of methoxy groups -OCH3 is 1. The number of anilines is 1. The molecule has 1 fully saturated rings. The molecule has 1 heterocycles. The first kappa shape index (κ1) is 21.7. The number of nitrogens with zero attached hydrogens (tertiary/aromatic N) is 1. The Labute approximate surface area is 194 Å². The number of nitrogens with one attached hydrogen (secondary N) is 1. The van der Waals surface area contributed by atoms with Crippen molar-refractivity contribution in [3.8, 4) is 11.5 Å². The molecule has 0 bridgehead atoms. The Kier molecular flexibility index (Phi) is 6.35. The van der Waals surface area contributed by atoms with Crippen molar-refractivity contribution in [3.63, 3.8) is 0 Å². The summed E-state index contributed by atoms with van der Waals surface area (Å²) in [7, 11) is 1.52. The molecule has 6 nitrogen and oxygen atoms in total. The van der Waals surface area contributed by atoms with Crippen LogP contribution in [0.15, 0.2) is 72.3 Å². The number of carbonyl (C=O) groups is 2. The monoisotopic (exact) mass is 468 g/mol. The van der Waals surface area contributed by atoms with Crippen LogP contribution >= 0.6 is 23.2 Å². The van der Waals surface area contributed by atoms with Crippen molar-refractivity contribution in [1.29, 1.82) is 0 Å². The van der Waals surface area contributed by atoms with E-state index in [1.807, 2.05) is 12.1 Å². The number of halogens is 2. The first-order valence-corrected chi connectivity index (χ1v) is 10.4. The second-order valence-electron chi connectivity index (χ2n) is 6.92. The molecule has 0 aliphatic carbocycles. The maximum atomic E-state index is 12.8. The zero-order chi connectivity index (χ0) is 22.7. The molecular formula is C24H18Cl2N2O4. The molecule has 3 aromatic carbocycles. The van der Waals surface area contributed by atoms with Gasteiger partial charge in [-0.2, -0.15) is 0 Å². The molecule has 1 saturated heterocycles. The van der Waals surface area contributed by atoms with Crippen molar-refractivity contribution in [2.75, 3.05) is 12.1 Å². The van der Waals surface area contributed by atoms with Gasteiger partial charge >= 0.3 is 0 Å². The van der Waals surface area contributed by atoms with Crippen LogP contribution in [-0.4, -0.2) is 18.9 Å². The van der Waals surface area contributed by atoms with Crippen LogP contribution < -0.4 is 19.9 Å². The highest BCUT2D eigenvalue weighted by atomic mass is 35.5. The van der Waals surface area contributed by atoms with Gasteiger partial charge in [-0.1, -0.05) is 53.5 Å². The fraction of sp³-hybridized carbons (Fsp3) is 0.0833. The van der Waals surface area contributed by atoms with E-state index in [4.69, 9.17) is 32.7 Å². The fourth-order valence-corrected chi connectivity index (χ4v) is 3.49. The zero-order valence-electron chi connectivity index (χ0n) is 17.0. The van der Waals surface area contributed by atoms with E-state index in [0.717, 1.165) is 5.56 Å².